The van der Waals surface area contributed by atoms with Gasteiger partial charge in [-0.15, -0.1) is 0 Å². The molecule has 2 atom stereocenters. The van der Waals surface area contributed by atoms with Crippen LogP contribution in [-0.4, -0.2) is 19.3 Å². The lowest BCUT2D eigenvalue weighted by Gasteiger charge is -2.12. The highest BCUT2D eigenvalue weighted by Gasteiger charge is 2.14. The van der Waals surface area contributed by atoms with E-state index in [0.29, 0.717) is 24.0 Å². The molecular weight excluding hydrogens is 245 g/mol. The third-order valence-electron chi connectivity index (χ3n) is 3.43. The van der Waals surface area contributed by atoms with Crippen molar-refractivity contribution in [1.82, 2.24) is 0 Å². The van der Waals surface area contributed by atoms with Gasteiger partial charge in [0.1, 0.15) is 11.6 Å². The minimum Gasteiger partial charge on any atom is -0.493 e. The van der Waals surface area contributed by atoms with Gasteiger partial charge in [0.15, 0.2) is 0 Å². The molecule has 0 aliphatic carbocycles. The van der Waals surface area contributed by atoms with Crippen LogP contribution in [0.5, 0.6) is 5.75 Å². The molecule has 2 rings (SSSR count). The molecule has 0 saturated carbocycles. The van der Waals surface area contributed by atoms with Gasteiger partial charge >= 0.3 is 0 Å². The summed E-state index contributed by atoms with van der Waals surface area (Å²) >= 11 is 0. The molecule has 1 saturated heterocycles. The van der Waals surface area contributed by atoms with Gasteiger partial charge in [-0.3, -0.25) is 0 Å². The molecule has 1 aliphatic heterocycles. The summed E-state index contributed by atoms with van der Waals surface area (Å²) in [4.78, 5) is 0. The smallest absolute Gasteiger partial charge is 0.131 e. The van der Waals surface area contributed by atoms with Crippen molar-refractivity contribution >= 4 is 0 Å². The normalized spacial score (nSPS) is 20.5. The maximum Gasteiger partial charge on any atom is 0.131 e. The molecular formula is C15H22FNO2. The minimum atomic E-state index is -0.299. The van der Waals surface area contributed by atoms with Gasteiger partial charge in [-0.1, -0.05) is 6.07 Å². The van der Waals surface area contributed by atoms with Crippen molar-refractivity contribution in [3.05, 3.63) is 29.6 Å². The fraction of sp³-hybridized carbons (Fsp3) is 0.600. The number of nitrogens with two attached hydrogens (primary N) is 1. The Kier molecular flexibility index (Phi) is 5.16. The summed E-state index contributed by atoms with van der Waals surface area (Å²) in [6, 6.07) is 4.57. The van der Waals surface area contributed by atoms with E-state index in [-0.39, 0.29) is 11.9 Å². The summed E-state index contributed by atoms with van der Waals surface area (Å²) in [5, 5.41) is 0. The Balaban J connectivity index is 1.74. The minimum absolute atomic E-state index is 0.298. The molecule has 0 amide bonds. The van der Waals surface area contributed by atoms with Crippen LogP contribution in [0.1, 0.15) is 44.2 Å². The number of hydrogen-bond acceptors (Lipinski definition) is 3. The predicted molar refractivity (Wildman–Crippen MR) is 72.7 cm³/mol. The molecule has 0 radical (unpaired) electrons. The zero-order chi connectivity index (χ0) is 13.7. The van der Waals surface area contributed by atoms with Crippen LogP contribution in [0, 0.1) is 5.82 Å². The van der Waals surface area contributed by atoms with Crippen LogP contribution >= 0.6 is 0 Å². The summed E-state index contributed by atoms with van der Waals surface area (Å²) < 4.78 is 24.8. The number of ether oxygens (including phenoxy) is 2. The van der Waals surface area contributed by atoms with Crippen molar-refractivity contribution in [3.63, 3.8) is 0 Å². The summed E-state index contributed by atoms with van der Waals surface area (Å²) in [7, 11) is 0. The van der Waals surface area contributed by atoms with Gasteiger partial charge in [0, 0.05) is 24.3 Å². The molecule has 4 heteroatoms. The van der Waals surface area contributed by atoms with Gasteiger partial charge in [-0.25, -0.2) is 4.39 Å². The maximum atomic E-state index is 13.7. The Morgan fingerprint density at radius 3 is 3.00 bits per heavy atom. The first-order valence-electron chi connectivity index (χ1n) is 6.96. The lowest BCUT2D eigenvalue weighted by Crippen LogP contribution is -2.09. The van der Waals surface area contributed by atoms with E-state index in [1.165, 1.54) is 6.07 Å². The molecule has 1 fully saturated rings. The molecule has 0 bridgehead atoms. The zero-order valence-corrected chi connectivity index (χ0v) is 11.4. The number of rotatable bonds is 6. The van der Waals surface area contributed by atoms with Gasteiger partial charge in [0.05, 0.1) is 12.7 Å². The lowest BCUT2D eigenvalue weighted by molar-refractivity contribution is 0.0981. The SMILES string of the molecule is CC(N)c1ccc(OCCCC2CCCO2)cc1F. The van der Waals surface area contributed by atoms with Crippen LogP contribution in [-0.2, 0) is 4.74 Å². The van der Waals surface area contributed by atoms with E-state index in [1.54, 1.807) is 19.1 Å². The number of hydrogen-bond donors (Lipinski definition) is 1. The van der Waals surface area contributed by atoms with Gasteiger partial charge in [-0.2, -0.15) is 0 Å². The first kappa shape index (κ1) is 14.3. The average molecular weight is 267 g/mol. The van der Waals surface area contributed by atoms with Crippen LogP contribution < -0.4 is 10.5 Å². The van der Waals surface area contributed by atoms with Gasteiger partial charge in [0.25, 0.3) is 0 Å². The van der Waals surface area contributed by atoms with E-state index < -0.39 is 0 Å². The molecule has 19 heavy (non-hydrogen) atoms. The second kappa shape index (κ2) is 6.87. The zero-order valence-electron chi connectivity index (χ0n) is 11.4. The monoisotopic (exact) mass is 267 g/mol. The second-order valence-corrected chi connectivity index (χ2v) is 5.10. The second-order valence-electron chi connectivity index (χ2n) is 5.10. The van der Waals surface area contributed by atoms with Crippen molar-refractivity contribution in [3.8, 4) is 5.75 Å². The van der Waals surface area contributed by atoms with Crippen molar-refractivity contribution < 1.29 is 13.9 Å². The third-order valence-corrected chi connectivity index (χ3v) is 3.43. The fourth-order valence-electron chi connectivity index (χ4n) is 2.34. The topological polar surface area (TPSA) is 44.5 Å². The van der Waals surface area contributed by atoms with E-state index in [1.807, 2.05) is 0 Å². The van der Waals surface area contributed by atoms with Crippen molar-refractivity contribution in [2.75, 3.05) is 13.2 Å². The molecule has 2 N–H and O–H groups in total. The van der Waals surface area contributed by atoms with E-state index in [9.17, 15) is 4.39 Å². The number of benzene rings is 1. The van der Waals surface area contributed by atoms with Gasteiger partial charge < -0.3 is 15.2 Å². The molecule has 3 nitrogen and oxygen atoms in total. The van der Waals surface area contributed by atoms with Crippen LogP contribution in [0.15, 0.2) is 18.2 Å². The van der Waals surface area contributed by atoms with E-state index in [2.05, 4.69) is 0 Å². The Labute approximate surface area is 113 Å². The maximum absolute atomic E-state index is 13.7. The summed E-state index contributed by atoms with van der Waals surface area (Å²) in [6.45, 7) is 3.24. The van der Waals surface area contributed by atoms with Crippen LogP contribution in [0.3, 0.4) is 0 Å². The Morgan fingerprint density at radius 2 is 2.37 bits per heavy atom. The fourth-order valence-corrected chi connectivity index (χ4v) is 2.34. The van der Waals surface area contributed by atoms with Gasteiger partial charge in [-0.05, 0) is 38.7 Å². The van der Waals surface area contributed by atoms with Crippen LogP contribution in [0.4, 0.5) is 4.39 Å². The van der Waals surface area contributed by atoms with Gasteiger partial charge in [0.2, 0.25) is 0 Å². The Morgan fingerprint density at radius 1 is 1.53 bits per heavy atom. The predicted octanol–water partition coefficient (Wildman–Crippen LogP) is 3.18. The standard InChI is InChI=1S/C15H22FNO2/c1-11(17)14-7-6-13(10-15(14)16)19-9-3-5-12-4-2-8-18-12/h6-7,10-12H,2-5,8-9,17H2,1H3. The third kappa shape index (κ3) is 4.18. The summed E-state index contributed by atoms with van der Waals surface area (Å²) in [6.07, 6.45) is 4.65. The highest BCUT2D eigenvalue weighted by Crippen LogP contribution is 2.21. The highest BCUT2D eigenvalue weighted by molar-refractivity contribution is 5.30. The molecule has 106 valence electrons. The molecule has 2 unspecified atom stereocenters. The summed E-state index contributed by atoms with van der Waals surface area (Å²) in [5.74, 6) is 0.265. The quantitative estimate of drug-likeness (QED) is 0.805. The number of halogens is 1. The molecule has 1 aromatic rings. The first-order valence-corrected chi connectivity index (χ1v) is 6.96. The van der Waals surface area contributed by atoms with E-state index in [0.717, 1.165) is 32.3 Å². The van der Waals surface area contributed by atoms with Crippen molar-refractivity contribution in [2.45, 2.75) is 44.8 Å². The largest absolute Gasteiger partial charge is 0.493 e. The van der Waals surface area contributed by atoms with Crippen LogP contribution in [0.25, 0.3) is 0 Å². The highest BCUT2D eigenvalue weighted by atomic mass is 19.1. The average Bonchev–Trinajstić information content (AvgIpc) is 2.87. The molecule has 1 aromatic carbocycles. The van der Waals surface area contributed by atoms with Crippen molar-refractivity contribution in [2.24, 2.45) is 5.73 Å². The Bertz CT molecular complexity index is 403. The van der Waals surface area contributed by atoms with Crippen LogP contribution in [0.2, 0.25) is 0 Å². The molecule has 1 heterocycles. The molecule has 0 spiro atoms. The van der Waals surface area contributed by atoms with Crippen molar-refractivity contribution in [1.29, 1.82) is 0 Å². The van der Waals surface area contributed by atoms with E-state index >= 15 is 0 Å². The Hall–Kier alpha value is -1.13. The first-order chi connectivity index (χ1) is 9.16. The molecule has 1 aliphatic rings. The van der Waals surface area contributed by atoms with E-state index in [4.69, 9.17) is 15.2 Å². The lowest BCUT2D eigenvalue weighted by atomic mass is 10.1. The molecule has 0 aromatic heterocycles. The summed E-state index contributed by atoms with van der Waals surface area (Å²) in [5.41, 5.74) is 6.18.